The van der Waals surface area contributed by atoms with Crippen LogP contribution < -0.4 is 16.2 Å². The Balaban J connectivity index is 0.000000109. The molecular formula is C96H97N17O3. The fraction of sp³-hybridized carbons (Fsp3) is 0.260. The molecule has 0 amide bonds. The summed E-state index contributed by atoms with van der Waals surface area (Å²) in [5.41, 5.74) is 35.9. The van der Waals surface area contributed by atoms with Crippen molar-refractivity contribution in [3.05, 3.63) is 319 Å². The highest BCUT2D eigenvalue weighted by Gasteiger charge is 2.29. The van der Waals surface area contributed by atoms with Crippen molar-refractivity contribution in [3.63, 3.8) is 0 Å². The van der Waals surface area contributed by atoms with E-state index in [1.54, 1.807) is 31.4 Å². The van der Waals surface area contributed by atoms with Gasteiger partial charge in [0, 0.05) is 72.2 Å². The van der Waals surface area contributed by atoms with Crippen LogP contribution in [-0.2, 0) is 38.6 Å². The van der Waals surface area contributed by atoms with Crippen LogP contribution in [0.2, 0.25) is 0 Å². The first-order valence-corrected chi connectivity index (χ1v) is 40.3. The molecule has 20 nitrogen and oxygen atoms in total. The minimum atomic E-state index is -0.929. The van der Waals surface area contributed by atoms with Crippen LogP contribution in [-0.4, -0.2) is 91.2 Å². The summed E-state index contributed by atoms with van der Waals surface area (Å²) < 4.78 is 14.7. The highest BCUT2D eigenvalue weighted by molar-refractivity contribution is 5.88. The predicted molar refractivity (Wildman–Crippen MR) is 460 cm³/mol. The van der Waals surface area contributed by atoms with E-state index in [0.717, 1.165) is 156 Å². The average Bonchev–Trinajstić information content (AvgIpc) is 1.65. The first-order chi connectivity index (χ1) is 56.5. The predicted octanol–water partition coefficient (Wildman–Crippen LogP) is 19.4. The Morgan fingerprint density at radius 2 is 0.664 bits per heavy atom. The number of allylic oxidation sites excluding steroid dienone is 5. The number of pyridine rings is 5. The summed E-state index contributed by atoms with van der Waals surface area (Å²) in [6, 6.07) is 69.6. The number of methoxy groups -OCH3 is 1. The van der Waals surface area contributed by atoms with E-state index in [1.165, 1.54) is 110 Å². The van der Waals surface area contributed by atoms with Crippen molar-refractivity contribution in [2.45, 2.75) is 123 Å². The molecule has 5 aromatic carbocycles. The molecule has 0 atom stereocenters. The maximum Gasteiger partial charge on any atom is 0.335 e. The number of anilines is 1. The van der Waals surface area contributed by atoms with Crippen molar-refractivity contribution in [2.75, 3.05) is 12.8 Å². The largest absolute Gasteiger partial charge is 0.497 e. The van der Waals surface area contributed by atoms with Crippen LogP contribution in [0.1, 0.15) is 128 Å². The number of nitrogen functional groups attached to an aromatic ring is 1. The Hall–Kier alpha value is -13.1. The standard InChI is InChI=1S/C21H23N3O.C19H20N4.C19H17N3O2.C19H19N3.C18H18N4/c1-15(16-6-3-4-7-16)14-20-22-21-9-5-8-19(24(21)23-20)17-10-12-18(25-2)13-11-17;1-13(15-9-10-15)11-18-21-19-4-2-3-17(23(19)22-18)16-7-5-14(12-20)6-8-16;1-12(13-5-6-13)11-17-20-18-4-2-3-16(22(18)21-17)14-7-9-15(10-8-14)19(23)24;1-13-6-8-16(9-7-13)17-4-3-5-19-20-18(21-22(17)19)12-14(2)15-10-11-15;1-12(13-8-9-13)10-17-20-18-7-3-6-16(22(18)21-17)14-4-2-5-15(19)11-14/h5,8-13,16H,1,3-4,6-7,14H2,2H3;2-8,15H,1,9-12,20H2;2-4,7-10,13H,1,5-6,11H2,(H,23,24);3-9,15H,2,10-12H2,1H3;2-7,11,13H,1,8-10,19H2. The maximum absolute atomic E-state index is 11.0. The van der Waals surface area contributed by atoms with E-state index in [1.807, 2.05) is 144 Å². The van der Waals surface area contributed by atoms with Crippen molar-refractivity contribution in [3.8, 4) is 62.0 Å². The molecule has 10 heterocycles. The van der Waals surface area contributed by atoms with Crippen LogP contribution in [0.5, 0.6) is 5.75 Å². The molecule has 5 saturated carbocycles. The SMILES string of the molecule is C=C(Cc1nc2cccc(-c3ccc(C(=O)O)cc3)n2n1)C1CC1.C=C(Cc1nc2cccc(-c3ccc(C)cc3)n2n1)C1CC1.C=C(Cc1nc2cccc(-c3ccc(CN)cc3)n2n1)C1CC1.C=C(Cc1nc2cccc(-c3ccc(OC)cc3)n2n1)C1CCCC1.C=C(Cc1nc2cccc(-c3cccc(N)c3)n2n1)C1CC1. The Kier molecular flexibility index (Phi) is 22.8. The van der Waals surface area contributed by atoms with Gasteiger partial charge in [0.1, 0.15) is 5.75 Å². The molecule has 15 aromatic rings. The summed E-state index contributed by atoms with van der Waals surface area (Å²) >= 11 is 0. The third-order valence-electron chi connectivity index (χ3n) is 22.3. The van der Waals surface area contributed by atoms with Crippen molar-refractivity contribution in [1.82, 2.24) is 73.0 Å². The number of rotatable bonds is 23. The van der Waals surface area contributed by atoms with E-state index in [-0.39, 0.29) is 5.56 Å². The van der Waals surface area contributed by atoms with E-state index in [4.69, 9.17) is 41.6 Å². The topological polar surface area (TPSA) is 250 Å². The number of benzene rings is 5. The molecule has 20 heteroatoms. The van der Waals surface area contributed by atoms with Gasteiger partial charge < -0.3 is 21.3 Å². The van der Waals surface area contributed by atoms with Gasteiger partial charge in [-0.2, -0.15) is 25.5 Å². The lowest BCUT2D eigenvalue weighted by Crippen LogP contribution is -2.02. The van der Waals surface area contributed by atoms with Crippen LogP contribution in [0.15, 0.2) is 273 Å². The first kappa shape index (κ1) is 76.9. The second-order valence-corrected chi connectivity index (χ2v) is 31.3. The molecule has 5 aliphatic carbocycles. The Bertz CT molecular complexity index is 6120. The monoisotopic (exact) mass is 1540 g/mol. The molecule has 5 aliphatic rings. The van der Waals surface area contributed by atoms with Crippen LogP contribution in [0, 0.1) is 36.5 Å². The average molecular weight is 1540 g/mol. The summed E-state index contributed by atoms with van der Waals surface area (Å²) in [6.45, 7) is 23.6. The van der Waals surface area contributed by atoms with Gasteiger partial charge in [0.2, 0.25) is 0 Å². The molecule has 20 rings (SSSR count). The Morgan fingerprint density at radius 1 is 0.379 bits per heavy atom. The molecule has 116 heavy (non-hydrogen) atoms. The number of aromatic nitrogens is 15. The van der Waals surface area contributed by atoms with Crippen LogP contribution in [0.4, 0.5) is 5.69 Å². The highest BCUT2D eigenvalue weighted by atomic mass is 16.5. The lowest BCUT2D eigenvalue weighted by Gasteiger charge is -2.10. The number of aryl methyl sites for hydroxylation is 1. The molecule has 584 valence electrons. The Morgan fingerprint density at radius 3 is 0.957 bits per heavy atom. The number of carboxylic acids is 1. The second-order valence-electron chi connectivity index (χ2n) is 31.3. The van der Waals surface area contributed by atoms with Gasteiger partial charge in [-0.05, 0) is 215 Å². The van der Waals surface area contributed by atoms with Crippen molar-refractivity contribution >= 4 is 39.9 Å². The number of aromatic carboxylic acids is 1. The van der Waals surface area contributed by atoms with E-state index < -0.39 is 5.97 Å². The van der Waals surface area contributed by atoms with Crippen molar-refractivity contribution in [2.24, 2.45) is 35.3 Å². The zero-order chi connectivity index (χ0) is 79.9. The minimum Gasteiger partial charge on any atom is -0.497 e. The third-order valence-corrected chi connectivity index (χ3v) is 22.3. The number of ether oxygens (including phenoxy) is 1. The normalized spacial score (nSPS) is 14.4. The minimum absolute atomic E-state index is 0.269. The summed E-state index contributed by atoms with van der Waals surface area (Å²) in [7, 11) is 1.68. The molecule has 0 saturated heterocycles. The van der Waals surface area contributed by atoms with Gasteiger partial charge in [-0.3, -0.25) is 0 Å². The van der Waals surface area contributed by atoms with Gasteiger partial charge in [-0.15, -0.1) is 0 Å². The van der Waals surface area contributed by atoms with Gasteiger partial charge in [0.15, 0.2) is 57.4 Å². The van der Waals surface area contributed by atoms with E-state index in [2.05, 4.69) is 137 Å². The summed E-state index contributed by atoms with van der Waals surface area (Å²) in [6.07, 6.45) is 19.1. The van der Waals surface area contributed by atoms with Crippen LogP contribution >= 0.6 is 0 Å². The van der Waals surface area contributed by atoms with Gasteiger partial charge >= 0.3 is 5.97 Å². The molecule has 10 aromatic heterocycles. The molecule has 0 unspecified atom stereocenters. The number of fused-ring (bicyclic) bond motifs is 5. The highest BCUT2D eigenvalue weighted by Crippen LogP contribution is 2.41. The molecule has 0 radical (unpaired) electrons. The van der Waals surface area contributed by atoms with E-state index >= 15 is 0 Å². The second kappa shape index (κ2) is 34.3. The number of nitrogens with two attached hydrogens (primary N) is 2. The van der Waals surface area contributed by atoms with Crippen LogP contribution in [0.25, 0.3) is 84.5 Å². The van der Waals surface area contributed by atoms with Crippen molar-refractivity contribution < 1.29 is 14.6 Å². The lowest BCUT2D eigenvalue weighted by atomic mass is 9.96. The number of hydrogen-bond acceptors (Lipinski definition) is 14. The third kappa shape index (κ3) is 18.4. The number of nitrogens with zero attached hydrogens (tertiary/aromatic N) is 15. The van der Waals surface area contributed by atoms with Gasteiger partial charge in [0.05, 0.1) is 41.1 Å². The summed E-state index contributed by atoms with van der Waals surface area (Å²) in [4.78, 5) is 34.2. The molecule has 0 spiro atoms. The fourth-order valence-electron chi connectivity index (χ4n) is 15.0. The maximum atomic E-state index is 11.0. The zero-order valence-electron chi connectivity index (χ0n) is 66.0. The first-order valence-electron chi connectivity index (χ1n) is 40.3. The molecular weight excluding hydrogens is 1440 g/mol. The molecule has 5 N–H and O–H groups in total. The zero-order valence-corrected chi connectivity index (χ0v) is 66.0. The van der Waals surface area contributed by atoms with E-state index in [0.29, 0.717) is 42.6 Å². The smallest absolute Gasteiger partial charge is 0.335 e. The molecule has 0 aliphatic heterocycles. The van der Waals surface area contributed by atoms with E-state index in [9.17, 15) is 4.79 Å². The Labute approximate surface area is 675 Å². The van der Waals surface area contributed by atoms with Gasteiger partial charge in [-0.25, -0.2) is 52.3 Å². The van der Waals surface area contributed by atoms with Crippen LogP contribution in [0.3, 0.4) is 0 Å². The number of carbonyl (C=O) groups is 1. The van der Waals surface area contributed by atoms with Gasteiger partial charge in [0.25, 0.3) is 0 Å². The number of hydrogen-bond donors (Lipinski definition) is 3. The fourth-order valence-corrected chi connectivity index (χ4v) is 15.0. The van der Waals surface area contributed by atoms with Gasteiger partial charge in [-0.1, -0.05) is 182 Å². The van der Waals surface area contributed by atoms with Crippen molar-refractivity contribution in [1.29, 1.82) is 0 Å². The lowest BCUT2D eigenvalue weighted by molar-refractivity contribution is 0.0696. The quantitative estimate of drug-likeness (QED) is 0.0398. The summed E-state index contributed by atoms with van der Waals surface area (Å²) in [5, 5.41) is 32.5. The number of carboxylic acid groups (broad SMARTS) is 1. The summed E-state index contributed by atoms with van der Waals surface area (Å²) in [5.74, 6) is 7.47. The molecule has 0 bridgehead atoms. The molecule has 5 fully saturated rings.